The van der Waals surface area contributed by atoms with Crippen LogP contribution in [0.4, 0.5) is 17.6 Å². The number of nitrogens with zero attached hydrogens (tertiary/aromatic N) is 4. The fraction of sp³-hybridized carbons (Fsp3) is 0.304. The van der Waals surface area contributed by atoms with Gasteiger partial charge in [0.15, 0.2) is 12.4 Å². The number of ether oxygens (including phenoxy) is 1. The lowest BCUT2D eigenvalue weighted by Gasteiger charge is -2.34. The molecule has 6 nitrogen and oxygen atoms in total. The lowest BCUT2D eigenvalue weighted by molar-refractivity contribution is -0.137. The number of carbonyl (C=O) groups is 1. The van der Waals surface area contributed by atoms with Crippen LogP contribution in [0.15, 0.2) is 54.7 Å². The van der Waals surface area contributed by atoms with Crippen molar-refractivity contribution in [2.24, 2.45) is 0 Å². The van der Waals surface area contributed by atoms with Gasteiger partial charge in [-0.1, -0.05) is 29.8 Å². The van der Waals surface area contributed by atoms with Crippen molar-refractivity contribution in [3.05, 3.63) is 82.4 Å². The molecule has 4 rings (SSSR count). The summed E-state index contributed by atoms with van der Waals surface area (Å²) < 4.78 is 59.0. The third-order valence-corrected chi connectivity index (χ3v) is 5.72. The van der Waals surface area contributed by atoms with E-state index in [1.54, 1.807) is 23.2 Å². The summed E-state index contributed by atoms with van der Waals surface area (Å²) in [5.74, 6) is -0.412. The zero-order chi connectivity index (χ0) is 24.3. The molecule has 11 heteroatoms. The van der Waals surface area contributed by atoms with Gasteiger partial charge in [0, 0.05) is 45.0 Å². The van der Waals surface area contributed by atoms with E-state index in [1.165, 1.54) is 28.9 Å². The predicted octanol–water partition coefficient (Wildman–Crippen LogP) is 4.69. The van der Waals surface area contributed by atoms with Crippen molar-refractivity contribution in [1.29, 1.82) is 0 Å². The molecule has 0 aliphatic carbocycles. The van der Waals surface area contributed by atoms with E-state index in [9.17, 15) is 22.4 Å². The highest BCUT2D eigenvalue weighted by atomic mass is 35.5. The van der Waals surface area contributed by atoms with Crippen LogP contribution in [0, 0.1) is 5.82 Å². The molecule has 1 fully saturated rings. The maximum atomic E-state index is 13.2. The van der Waals surface area contributed by atoms with E-state index in [2.05, 4.69) is 5.10 Å². The predicted molar refractivity (Wildman–Crippen MR) is 117 cm³/mol. The zero-order valence-electron chi connectivity index (χ0n) is 17.9. The minimum absolute atomic E-state index is 0.0139. The Morgan fingerprint density at radius 3 is 2.53 bits per heavy atom. The number of carbonyl (C=O) groups excluding carboxylic acids is 1. The molecule has 0 bridgehead atoms. The minimum Gasteiger partial charge on any atom is -0.471 e. The topological polar surface area (TPSA) is 50.6 Å². The Balaban J connectivity index is 1.28. The van der Waals surface area contributed by atoms with Crippen molar-refractivity contribution >= 4 is 17.5 Å². The molecular formula is C23H21ClF4N4O2. The maximum Gasteiger partial charge on any atom is 0.416 e. The third-order valence-electron chi connectivity index (χ3n) is 5.43. The summed E-state index contributed by atoms with van der Waals surface area (Å²) in [5, 5.41) is 4.18. The van der Waals surface area contributed by atoms with E-state index in [4.69, 9.17) is 16.3 Å². The summed E-state index contributed by atoms with van der Waals surface area (Å²) in [6.07, 6.45) is -2.77. The number of hydrogen-bond donors (Lipinski definition) is 0. The van der Waals surface area contributed by atoms with E-state index in [0.717, 1.165) is 12.1 Å². The van der Waals surface area contributed by atoms with Gasteiger partial charge in [0.05, 0.1) is 10.6 Å². The van der Waals surface area contributed by atoms with Gasteiger partial charge in [-0.3, -0.25) is 9.69 Å². The molecule has 0 radical (unpaired) electrons. The van der Waals surface area contributed by atoms with Gasteiger partial charge in [0.25, 0.3) is 5.91 Å². The van der Waals surface area contributed by atoms with Crippen LogP contribution in [0.25, 0.3) is 0 Å². The molecule has 34 heavy (non-hydrogen) atoms. The molecular weight excluding hydrogens is 476 g/mol. The van der Waals surface area contributed by atoms with Gasteiger partial charge in [0.2, 0.25) is 0 Å². The molecule has 2 heterocycles. The summed E-state index contributed by atoms with van der Waals surface area (Å²) in [5.41, 5.74) is 0.170. The first kappa shape index (κ1) is 24.0. The van der Waals surface area contributed by atoms with Crippen molar-refractivity contribution in [3.8, 4) is 5.75 Å². The van der Waals surface area contributed by atoms with Gasteiger partial charge >= 0.3 is 6.18 Å². The molecule has 1 saturated heterocycles. The van der Waals surface area contributed by atoms with Crippen LogP contribution in [0.5, 0.6) is 5.75 Å². The summed E-state index contributed by atoms with van der Waals surface area (Å²) in [6.45, 7) is 2.35. The quantitative estimate of drug-likeness (QED) is 0.465. The molecule has 2 aromatic carbocycles. The number of rotatable bonds is 6. The monoisotopic (exact) mass is 496 g/mol. The molecule has 1 aromatic heterocycles. The van der Waals surface area contributed by atoms with E-state index in [1.807, 2.05) is 4.90 Å². The van der Waals surface area contributed by atoms with Gasteiger partial charge in [0.1, 0.15) is 11.6 Å². The normalized spacial score (nSPS) is 14.9. The average Bonchev–Trinajstić information content (AvgIpc) is 3.29. The zero-order valence-corrected chi connectivity index (χ0v) is 18.7. The van der Waals surface area contributed by atoms with E-state index < -0.39 is 17.6 Å². The number of halogens is 5. The Morgan fingerprint density at radius 2 is 1.82 bits per heavy atom. The fourth-order valence-electron chi connectivity index (χ4n) is 3.63. The Morgan fingerprint density at radius 1 is 1.06 bits per heavy atom. The number of aromatic nitrogens is 2. The van der Waals surface area contributed by atoms with Gasteiger partial charge in [-0.2, -0.15) is 18.3 Å². The average molecular weight is 497 g/mol. The highest BCUT2D eigenvalue weighted by Crippen LogP contribution is 2.30. The van der Waals surface area contributed by atoms with E-state index in [0.29, 0.717) is 44.0 Å². The smallest absolute Gasteiger partial charge is 0.416 e. The molecule has 1 aliphatic rings. The van der Waals surface area contributed by atoms with Crippen LogP contribution in [0.1, 0.15) is 21.6 Å². The van der Waals surface area contributed by atoms with E-state index >= 15 is 0 Å². The van der Waals surface area contributed by atoms with Crippen molar-refractivity contribution in [1.82, 2.24) is 19.6 Å². The van der Waals surface area contributed by atoms with Crippen molar-refractivity contribution in [2.75, 3.05) is 26.2 Å². The minimum atomic E-state index is -4.37. The van der Waals surface area contributed by atoms with Gasteiger partial charge in [-0.15, -0.1) is 0 Å². The van der Waals surface area contributed by atoms with Crippen LogP contribution < -0.4 is 4.74 Å². The number of hydrogen-bond acceptors (Lipinski definition) is 4. The van der Waals surface area contributed by atoms with Gasteiger partial charge in [-0.05, 0) is 29.8 Å². The Labute approximate surface area is 198 Å². The molecule has 0 saturated carbocycles. The Hall–Kier alpha value is -3.11. The lowest BCUT2D eigenvalue weighted by atomic mass is 10.1. The Bertz CT molecular complexity index is 1160. The molecule has 0 N–H and O–H groups in total. The number of benzene rings is 2. The van der Waals surface area contributed by atoms with Crippen molar-refractivity contribution in [2.45, 2.75) is 19.5 Å². The Kier molecular flexibility index (Phi) is 7.08. The molecule has 0 spiro atoms. The first-order valence-electron chi connectivity index (χ1n) is 10.5. The standard InChI is InChI=1S/C23H21ClF4N4O2/c24-19-13-18(4-5-20(19)25)34-15-32-7-6-21(29-32)22(33)31-10-8-30(9-11-31)14-16-2-1-3-17(12-16)23(26,27)28/h1-7,12-13H,8-11,14-15H2. The lowest BCUT2D eigenvalue weighted by Crippen LogP contribution is -2.48. The van der Waals surface area contributed by atoms with E-state index in [-0.39, 0.29) is 23.4 Å². The molecule has 3 aromatic rings. The number of piperazine rings is 1. The maximum absolute atomic E-state index is 13.2. The molecule has 0 unspecified atom stereocenters. The van der Waals surface area contributed by atoms with Gasteiger partial charge in [-0.25, -0.2) is 9.07 Å². The highest BCUT2D eigenvalue weighted by Gasteiger charge is 2.30. The summed E-state index contributed by atoms with van der Waals surface area (Å²) in [7, 11) is 0. The summed E-state index contributed by atoms with van der Waals surface area (Å²) >= 11 is 5.73. The van der Waals surface area contributed by atoms with Crippen LogP contribution >= 0.6 is 11.6 Å². The largest absolute Gasteiger partial charge is 0.471 e. The summed E-state index contributed by atoms with van der Waals surface area (Å²) in [6, 6.07) is 10.9. The highest BCUT2D eigenvalue weighted by molar-refractivity contribution is 6.30. The number of amides is 1. The number of alkyl halides is 3. The van der Waals surface area contributed by atoms with Crippen LogP contribution in [-0.2, 0) is 19.5 Å². The van der Waals surface area contributed by atoms with Crippen molar-refractivity contribution < 1.29 is 27.1 Å². The first-order chi connectivity index (χ1) is 16.2. The SMILES string of the molecule is O=C(c1ccn(COc2ccc(F)c(Cl)c2)n1)N1CCN(Cc2cccc(C(F)(F)F)c2)CC1. The third kappa shape index (κ3) is 5.87. The second kappa shape index (κ2) is 10.0. The van der Waals surface area contributed by atoms with Crippen LogP contribution in [-0.4, -0.2) is 51.7 Å². The van der Waals surface area contributed by atoms with Gasteiger partial charge < -0.3 is 9.64 Å². The molecule has 0 atom stereocenters. The molecule has 1 aliphatic heterocycles. The van der Waals surface area contributed by atoms with Crippen LogP contribution in [0.3, 0.4) is 0 Å². The second-order valence-electron chi connectivity index (χ2n) is 7.86. The molecule has 1 amide bonds. The molecule has 180 valence electrons. The second-order valence-corrected chi connectivity index (χ2v) is 8.26. The fourth-order valence-corrected chi connectivity index (χ4v) is 3.80. The summed E-state index contributed by atoms with van der Waals surface area (Å²) in [4.78, 5) is 16.5. The van der Waals surface area contributed by atoms with Crippen molar-refractivity contribution in [3.63, 3.8) is 0 Å². The van der Waals surface area contributed by atoms with Crippen LogP contribution in [0.2, 0.25) is 5.02 Å². The first-order valence-corrected chi connectivity index (χ1v) is 10.9.